The van der Waals surface area contributed by atoms with Crippen molar-refractivity contribution in [2.24, 2.45) is 0 Å². The lowest BCUT2D eigenvalue weighted by Gasteiger charge is -2.38. The van der Waals surface area contributed by atoms with Gasteiger partial charge in [-0.2, -0.15) is 0 Å². The summed E-state index contributed by atoms with van der Waals surface area (Å²) in [6, 6.07) is 13.9. The molecular weight excluding hydrogens is 326 g/mol. The Morgan fingerprint density at radius 2 is 1.96 bits per heavy atom. The minimum atomic E-state index is 0.534. The van der Waals surface area contributed by atoms with Crippen molar-refractivity contribution < 1.29 is 9.47 Å². The fraction of sp³-hybridized carbons (Fsp3) is 0.476. The zero-order valence-corrected chi connectivity index (χ0v) is 15.4. The Morgan fingerprint density at radius 1 is 1.15 bits per heavy atom. The third-order valence-electron chi connectivity index (χ3n) is 5.30. The predicted molar refractivity (Wildman–Crippen MR) is 101 cm³/mol. The quantitative estimate of drug-likeness (QED) is 0.895. The minimum absolute atomic E-state index is 0.534. The molecule has 1 aromatic carbocycles. The number of hydrogen-bond donors (Lipinski definition) is 1. The van der Waals surface area contributed by atoms with Crippen molar-refractivity contribution in [3.05, 3.63) is 53.9 Å². The molecule has 0 saturated carbocycles. The van der Waals surface area contributed by atoms with Crippen LogP contribution < -0.4 is 14.8 Å². The molecular formula is C21H27N3O2. The fourth-order valence-electron chi connectivity index (χ4n) is 3.79. The van der Waals surface area contributed by atoms with Crippen LogP contribution in [0.2, 0.25) is 0 Å². The van der Waals surface area contributed by atoms with Gasteiger partial charge in [-0.05, 0) is 25.3 Å². The summed E-state index contributed by atoms with van der Waals surface area (Å²) in [5.74, 6) is 1.57. The average molecular weight is 353 g/mol. The lowest BCUT2D eigenvalue weighted by Crippen LogP contribution is -2.46. The van der Waals surface area contributed by atoms with E-state index in [4.69, 9.17) is 9.47 Å². The van der Waals surface area contributed by atoms with Gasteiger partial charge in [0, 0.05) is 37.8 Å². The van der Waals surface area contributed by atoms with Crippen molar-refractivity contribution >= 4 is 0 Å². The lowest BCUT2D eigenvalue weighted by atomic mass is 9.97. The van der Waals surface area contributed by atoms with E-state index in [1.165, 1.54) is 12.0 Å². The highest BCUT2D eigenvalue weighted by molar-refractivity contribution is 5.39. The average Bonchev–Trinajstić information content (AvgIpc) is 2.69. The van der Waals surface area contributed by atoms with Crippen LogP contribution in [0.25, 0.3) is 0 Å². The second-order valence-corrected chi connectivity index (χ2v) is 7.23. The summed E-state index contributed by atoms with van der Waals surface area (Å²) in [5.41, 5.74) is 2.40. The molecule has 0 radical (unpaired) electrons. The van der Waals surface area contributed by atoms with Crippen LogP contribution in [-0.2, 0) is 13.1 Å². The summed E-state index contributed by atoms with van der Waals surface area (Å²) in [6.07, 6.45) is 4.11. The standard InChI is InChI=1S/C21H27N3O2/c1-16-11-18(7-8-24(16)15-17-5-3-2-4-6-17)22-13-19-12-20-21(14-23-19)26-10-9-25-20/h2-6,12,14,16,18,22H,7-11,13,15H2,1H3. The molecule has 0 bridgehead atoms. The first-order chi connectivity index (χ1) is 12.8. The number of fused-ring (bicyclic) bond motifs is 1. The number of piperidine rings is 1. The van der Waals surface area contributed by atoms with Crippen LogP contribution in [0.5, 0.6) is 11.5 Å². The first-order valence-corrected chi connectivity index (χ1v) is 9.54. The summed E-state index contributed by atoms with van der Waals surface area (Å²) in [5, 5.41) is 3.67. The van der Waals surface area contributed by atoms with Gasteiger partial charge in [-0.25, -0.2) is 0 Å². The lowest BCUT2D eigenvalue weighted by molar-refractivity contribution is 0.128. The zero-order valence-electron chi connectivity index (χ0n) is 15.4. The summed E-state index contributed by atoms with van der Waals surface area (Å²) < 4.78 is 11.2. The molecule has 1 aromatic heterocycles. The number of aromatic nitrogens is 1. The van der Waals surface area contributed by atoms with Gasteiger partial charge in [0.25, 0.3) is 0 Å². The number of rotatable bonds is 5. The van der Waals surface area contributed by atoms with Crippen molar-refractivity contribution in [1.29, 1.82) is 0 Å². The van der Waals surface area contributed by atoms with Crippen molar-refractivity contribution in [2.75, 3.05) is 19.8 Å². The molecule has 2 aromatic rings. The highest BCUT2D eigenvalue weighted by Crippen LogP contribution is 2.29. The van der Waals surface area contributed by atoms with Crippen molar-refractivity contribution in [2.45, 2.75) is 44.9 Å². The summed E-state index contributed by atoms with van der Waals surface area (Å²) >= 11 is 0. The summed E-state index contributed by atoms with van der Waals surface area (Å²) in [7, 11) is 0. The van der Waals surface area contributed by atoms with Gasteiger partial charge >= 0.3 is 0 Å². The maximum absolute atomic E-state index is 5.64. The number of nitrogens with one attached hydrogen (secondary N) is 1. The molecule has 0 amide bonds. The molecule has 26 heavy (non-hydrogen) atoms. The molecule has 2 atom stereocenters. The molecule has 2 aliphatic rings. The Balaban J connectivity index is 1.28. The van der Waals surface area contributed by atoms with Gasteiger partial charge in [0.1, 0.15) is 13.2 Å². The Hall–Kier alpha value is -2.11. The van der Waals surface area contributed by atoms with Crippen LogP contribution in [0.3, 0.4) is 0 Å². The molecule has 5 nitrogen and oxygen atoms in total. The Bertz CT molecular complexity index is 722. The van der Waals surface area contributed by atoms with Crippen LogP contribution in [0.4, 0.5) is 0 Å². The van der Waals surface area contributed by atoms with E-state index in [1.807, 2.05) is 6.07 Å². The van der Waals surface area contributed by atoms with Crippen LogP contribution >= 0.6 is 0 Å². The molecule has 2 aliphatic heterocycles. The number of likely N-dealkylation sites (tertiary alicyclic amines) is 1. The van der Waals surface area contributed by atoms with E-state index < -0.39 is 0 Å². The largest absolute Gasteiger partial charge is 0.486 e. The topological polar surface area (TPSA) is 46.6 Å². The molecule has 0 aliphatic carbocycles. The maximum atomic E-state index is 5.64. The zero-order chi connectivity index (χ0) is 17.8. The summed E-state index contributed by atoms with van der Waals surface area (Å²) in [6.45, 7) is 6.49. The predicted octanol–water partition coefficient (Wildman–Crippen LogP) is 3.00. The van der Waals surface area contributed by atoms with E-state index in [2.05, 4.69) is 52.5 Å². The van der Waals surface area contributed by atoms with Crippen LogP contribution in [-0.4, -0.2) is 41.7 Å². The molecule has 3 heterocycles. The van der Waals surface area contributed by atoms with E-state index in [0.29, 0.717) is 25.3 Å². The van der Waals surface area contributed by atoms with Gasteiger partial charge in [0.05, 0.1) is 11.9 Å². The van der Waals surface area contributed by atoms with Gasteiger partial charge in [0.2, 0.25) is 0 Å². The molecule has 1 fully saturated rings. The molecule has 1 saturated heterocycles. The Labute approximate surface area is 155 Å². The van der Waals surface area contributed by atoms with Crippen LogP contribution in [0, 0.1) is 0 Å². The van der Waals surface area contributed by atoms with E-state index >= 15 is 0 Å². The fourth-order valence-corrected chi connectivity index (χ4v) is 3.79. The highest BCUT2D eigenvalue weighted by Gasteiger charge is 2.25. The SMILES string of the molecule is CC1CC(NCc2cc3c(cn2)OCCO3)CCN1Cc1ccccc1. The van der Waals surface area contributed by atoms with Gasteiger partial charge in [-0.15, -0.1) is 0 Å². The van der Waals surface area contributed by atoms with Crippen molar-refractivity contribution in [3.63, 3.8) is 0 Å². The van der Waals surface area contributed by atoms with Gasteiger partial charge < -0.3 is 14.8 Å². The monoisotopic (exact) mass is 353 g/mol. The second kappa shape index (κ2) is 8.06. The molecule has 2 unspecified atom stereocenters. The van der Waals surface area contributed by atoms with E-state index in [0.717, 1.165) is 43.2 Å². The summed E-state index contributed by atoms with van der Waals surface area (Å²) in [4.78, 5) is 7.07. The van der Waals surface area contributed by atoms with Gasteiger partial charge in [-0.3, -0.25) is 9.88 Å². The third-order valence-corrected chi connectivity index (χ3v) is 5.30. The molecule has 1 N–H and O–H groups in total. The van der Waals surface area contributed by atoms with E-state index in [1.54, 1.807) is 6.20 Å². The van der Waals surface area contributed by atoms with Gasteiger partial charge in [0.15, 0.2) is 11.5 Å². The maximum Gasteiger partial charge on any atom is 0.179 e. The smallest absolute Gasteiger partial charge is 0.179 e. The second-order valence-electron chi connectivity index (χ2n) is 7.23. The molecule has 138 valence electrons. The molecule has 5 heteroatoms. The van der Waals surface area contributed by atoms with E-state index in [9.17, 15) is 0 Å². The van der Waals surface area contributed by atoms with E-state index in [-0.39, 0.29) is 0 Å². The molecule has 4 rings (SSSR count). The minimum Gasteiger partial charge on any atom is -0.486 e. The third kappa shape index (κ3) is 4.17. The van der Waals surface area contributed by atoms with Gasteiger partial charge in [-0.1, -0.05) is 30.3 Å². The number of pyridine rings is 1. The normalized spacial score (nSPS) is 23.0. The molecule has 0 spiro atoms. The Morgan fingerprint density at radius 3 is 2.77 bits per heavy atom. The van der Waals surface area contributed by atoms with Crippen LogP contribution in [0.1, 0.15) is 31.0 Å². The Kier molecular flexibility index (Phi) is 5.37. The number of hydrogen-bond acceptors (Lipinski definition) is 5. The van der Waals surface area contributed by atoms with Crippen molar-refractivity contribution in [1.82, 2.24) is 15.2 Å². The van der Waals surface area contributed by atoms with Crippen LogP contribution in [0.15, 0.2) is 42.6 Å². The highest BCUT2D eigenvalue weighted by atomic mass is 16.6. The number of nitrogens with zero attached hydrogens (tertiary/aromatic N) is 2. The first-order valence-electron chi connectivity index (χ1n) is 9.54. The number of ether oxygens (including phenoxy) is 2. The number of benzene rings is 1. The van der Waals surface area contributed by atoms with Crippen molar-refractivity contribution in [3.8, 4) is 11.5 Å². The first kappa shape index (κ1) is 17.3.